The second-order valence-corrected chi connectivity index (χ2v) is 6.19. The maximum absolute atomic E-state index is 5.57. The van der Waals surface area contributed by atoms with Crippen molar-refractivity contribution in [3.63, 3.8) is 0 Å². The van der Waals surface area contributed by atoms with Crippen molar-refractivity contribution in [3.05, 3.63) is 0 Å². The van der Waals surface area contributed by atoms with E-state index in [2.05, 4.69) is 5.32 Å². The molecule has 0 radical (unpaired) electrons. The maximum Gasteiger partial charge on any atom is 0.0548 e. The molecule has 0 bridgehead atoms. The van der Waals surface area contributed by atoms with Gasteiger partial charge < -0.3 is 10.1 Å². The molecule has 2 aliphatic heterocycles. The Bertz CT molecular complexity index is 225. The van der Waals surface area contributed by atoms with Gasteiger partial charge in [-0.15, -0.1) is 0 Å². The van der Waals surface area contributed by atoms with Crippen molar-refractivity contribution in [2.75, 3.05) is 19.8 Å². The van der Waals surface area contributed by atoms with Gasteiger partial charge in [0, 0.05) is 11.5 Å². The van der Waals surface area contributed by atoms with Crippen LogP contribution in [-0.2, 0) is 4.74 Å². The first kappa shape index (κ1) is 11.0. The molecule has 1 N–H and O–H groups in total. The SMILES string of the molecule is C1CCC(C2(CC3CCCN3)COC2)CC1. The van der Waals surface area contributed by atoms with E-state index >= 15 is 0 Å². The minimum Gasteiger partial charge on any atom is -0.380 e. The van der Waals surface area contributed by atoms with E-state index in [0.717, 1.165) is 25.2 Å². The zero-order chi connectivity index (χ0) is 10.8. The summed E-state index contributed by atoms with van der Waals surface area (Å²) in [5, 5.41) is 3.66. The number of nitrogens with one attached hydrogen (secondary N) is 1. The average molecular weight is 223 g/mol. The molecule has 0 aromatic heterocycles. The van der Waals surface area contributed by atoms with Crippen LogP contribution in [0.4, 0.5) is 0 Å². The Morgan fingerprint density at radius 3 is 2.38 bits per heavy atom. The summed E-state index contributed by atoms with van der Waals surface area (Å²) in [4.78, 5) is 0. The lowest BCUT2D eigenvalue weighted by Gasteiger charge is -2.50. The molecule has 1 unspecified atom stereocenters. The van der Waals surface area contributed by atoms with Gasteiger partial charge in [0.1, 0.15) is 0 Å². The van der Waals surface area contributed by atoms with Crippen molar-refractivity contribution in [2.24, 2.45) is 11.3 Å². The molecule has 3 rings (SSSR count). The van der Waals surface area contributed by atoms with Gasteiger partial charge in [-0.25, -0.2) is 0 Å². The Morgan fingerprint density at radius 2 is 1.81 bits per heavy atom. The van der Waals surface area contributed by atoms with E-state index in [0.29, 0.717) is 5.41 Å². The van der Waals surface area contributed by atoms with Crippen molar-refractivity contribution in [2.45, 2.75) is 57.4 Å². The van der Waals surface area contributed by atoms with Crippen LogP contribution in [0.15, 0.2) is 0 Å². The largest absolute Gasteiger partial charge is 0.380 e. The fraction of sp³-hybridized carbons (Fsp3) is 1.00. The number of rotatable bonds is 3. The Kier molecular flexibility index (Phi) is 3.21. The number of hydrogen-bond donors (Lipinski definition) is 1. The topological polar surface area (TPSA) is 21.3 Å². The Morgan fingerprint density at radius 1 is 1.00 bits per heavy atom. The summed E-state index contributed by atoms with van der Waals surface area (Å²) >= 11 is 0. The van der Waals surface area contributed by atoms with E-state index in [4.69, 9.17) is 4.74 Å². The summed E-state index contributed by atoms with van der Waals surface area (Å²) in [6, 6.07) is 0.797. The highest BCUT2D eigenvalue weighted by atomic mass is 16.5. The van der Waals surface area contributed by atoms with E-state index in [-0.39, 0.29) is 0 Å². The molecule has 3 aliphatic rings. The van der Waals surface area contributed by atoms with Gasteiger partial charge in [0.25, 0.3) is 0 Å². The predicted octanol–water partition coefficient (Wildman–Crippen LogP) is 2.73. The van der Waals surface area contributed by atoms with Gasteiger partial charge in [0.2, 0.25) is 0 Å². The molecule has 0 aromatic rings. The van der Waals surface area contributed by atoms with Gasteiger partial charge >= 0.3 is 0 Å². The average Bonchev–Trinajstić information content (AvgIpc) is 2.77. The van der Waals surface area contributed by atoms with Crippen LogP contribution in [0, 0.1) is 11.3 Å². The summed E-state index contributed by atoms with van der Waals surface area (Å²) in [7, 11) is 0. The Balaban J connectivity index is 1.62. The normalized spacial score (nSPS) is 34.9. The van der Waals surface area contributed by atoms with E-state index < -0.39 is 0 Å². The maximum atomic E-state index is 5.57. The van der Waals surface area contributed by atoms with Crippen LogP contribution in [0.5, 0.6) is 0 Å². The van der Waals surface area contributed by atoms with Gasteiger partial charge in [-0.2, -0.15) is 0 Å². The van der Waals surface area contributed by atoms with E-state index in [1.165, 1.54) is 57.9 Å². The molecule has 3 fully saturated rings. The molecular formula is C14H25NO. The Labute approximate surface area is 99.1 Å². The smallest absolute Gasteiger partial charge is 0.0548 e. The van der Waals surface area contributed by atoms with Gasteiger partial charge in [-0.05, 0) is 44.6 Å². The third-order valence-corrected chi connectivity index (χ3v) is 5.07. The molecule has 92 valence electrons. The second kappa shape index (κ2) is 4.66. The third kappa shape index (κ3) is 2.02. The fourth-order valence-corrected chi connectivity index (χ4v) is 4.02. The van der Waals surface area contributed by atoms with Gasteiger partial charge in [0.15, 0.2) is 0 Å². The zero-order valence-electron chi connectivity index (χ0n) is 10.3. The first-order valence-corrected chi connectivity index (χ1v) is 7.20. The molecule has 2 heteroatoms. The summed E-state index contributed by atoms with van der Waals surface area (Å²) in [6.07, 6.45) is 11.5. The van der Waals surface area contributed by atoms with Gasteiger partial charge in [0.05, 0.1) is 13.2 Å². The van der Waals surface area contributed by atoms with E-state index in [1.54, 1.807) is 0 Å². The van der Waals surface area contributed by atoms with Crippen molar-refractivity contribution >= 4 is 0 Å². The van der Waals surface area contributed by atoms with Crippen LogP contribution >= 0.6 is 0 Å². The zero-order valence-corrected chi connectivity index (χ0v) is 10.3. The van der Waals surface area contributed by atoms with E-state index in [9.17, 15) is 0 Å². The molecular weight excluding hydrogens is 198 g/mol. The first-order valence-electron chi connectivity index (χ1n) is 7.20. The summed E-state index contributed by atoms with van der Waals surface area (Å²) in [5.74, 6) is 0.970. The van der Waals surface area contributed by atoms with Crippen LogP contribution in [0.25, 0.3) is 0 Å². The number of hydrogen-bond acceptors (Lipinski definition) is 2. The fourth-order valence-electron chi connectivity index (χ4n) is 4.02. The molecule has 1 aliphatic carbocycles. The van der Waals surface area contributed by atoms with Crippen LogP contribution in [-0.4, -0.2) is 25.8 Å². The molecule has 16 heavy (non-hydrogen) atoms. The molecule has 2 saturated heterocycles. The minimum atomic E-state index is 0.572. The van der Waals surface area contributed by atoms with Crippen molar-refractivity contribution in [1.29, 1.82) is 0 Å². The van der Waals surface area contributed by atoms with Crippen LogP contribution in [0.2, 0.25) is 0 Å². The highest BCUT2D eigenvalue weighted by molar-refractivity contribution is 4.96. The number of ether oxygens (including phenoxy) is 1. The van der Waals surface area contributed by atoms with Crippen LogP contribution < -0.4 is 5.32 Å². The molecule has 0 spiro atoms. The molecule has 2 heterocycles. The third-order valence-electron chi connectivity index (χ3n) is 5.07. The van der Waals surface area contributed by atoms with E-state index in [1.807, 2.05) is 0 Å². The lowest BCUT2D eigenvalue weighted by molar-refractivity contribution is -0.160. The summed E-state index contributed by atoms with van der Waals surface area (Å²) in [6.45, 7) is 3.35. The summed E-state index contributed by atoms with van der Waals surface area (Å²) in [5.41, 5.74) is 0.572. The minimum absolute atomic E-state index is 0.572. The molecule has 1 atom stereocenters. The van der Waals surface area contributed by atoms with Crippen LogP contribution in [0.1, 0.15) is 51.4 Å². The highest BCUT2D eigenvalue weighted by Crippen LogP contribution is 2.47. The molecule has 2 nitrogen and oxygen atoms in total. The lowest BCUT2D eigenvalue weighted by Crippen LogP contribution is -2.51. The van der Waals surface area contributed by atoms with Crippen LogP contribution in [0.3, 0.4) is 0 Å². The van der Waals surface area contributed by atoms with Crippen molar-refractivity contribution < 1.29 is 4.74 Å². The molecule has 0 aromatic carbocycles. The van der Waals surface area contributed by atoms with Crippen molar-refractivity contribution in [3.8, 4) is 0 Å². The highest BCUT2D eigenvalue weighted by Gasteiger charge is 2.46. The molecule has 1 saturated carbocycles. The van der Waals surface area contributed by atoms with Gasteiger partial charge in [-0.1, -0.05) is 19.3 Å². The predicted molar refractivity (Wildman–Crippen MR) is 65.5 cm³/mol. The Hall–Kier alpha value is -0.0800. The first-order chi connectivity index (χ1) is 7.89. The second-order valence-electron chi connectivity index (χ2n) is 6.19. The quantitative estimate of drug-likeness (QED) is 0.794. The lowest BCUT2D eigenvalue weighted by atomic mass is 9.64. The standard InChI is InChI=1S/C14H25NO/c1-2-5-12(6-3-1)14(10-16-11-14)9-13-7-4-8-15-13/h12-13,15H,1-11H2. The van der Waals surface area contributed by atoms with Crippen molar-refractivity contribution in [1.82, 2.24) is 5.32 Å². The summed E-state index contributed by atoms with van der Waals surface area (Å²) < 4.78 is 5.57. The molecule has 0 amide bonds. The monoisotopic (exact) mass is 223 g/mol. The van der Waals surface area contributed by atoms with Gasteiger partial charge in [-0.3, -0.25) is 0 Å².